The third-order valence-corrected chi connectivity index (χ3v) is 6.57. The molecule has 3 amide bonds. The fourth-order valence-corrected chi connectivity index (χ4v) is 4.69. The minimum atomic E-state index is -0.439. The lowest BCUT2D eigenvalue weighted by Gasteiger charge is -2.38. The van der Waals surface area contributed by atoms with Crippen LogP contribution in [0.3, 0.4) is 0 Å². The van der Waals surface area contributed by atoms with Gasteiger partial charge in [0, 0.05) is 51.1 Å². The number of rotatable bonds is 4. The van der Waals surface area contributed by atoms with Gasteiger partial charge in [-0.3, -0.25) is 4.79 Å². The second-order valence-electron chi connectivity index (χ2n) is 8.78. The second kappa shape index (κ2) is 9.35. The predicted molar refractivity (Wildman–Crippen MR) is 114 cm³/mol. The number of ether oxygens (including phenoxy) is 2. The Morgan fingerprint density at radius 3 is 2.47 bits per heavy atom. The van der Waals surface area contributed by atoms with E-state index in [1.165, 1.54) is 5.56 Å². The van der Waals surface area contributed by atoms with Gasteiger partial charge >= 0.3 is 6.03 Å². The first-order valence-corrected chi connectivity index (χ1v) is 11.2. The van der Waals surface area contributed by atoms with Crippen molar-refractivity contribution < 1.29 is 19.1 Å². The molecule has 3 aliphatic heterocycles. The zero-order chi connectivity index (χ0) is 21.0. The van der Waals surface area contributed by atoms with Crippen molar-refractivity contribution in [3.8, 4) is 0 Å². The lowest BCUT2D eigenvalue weighted by Crippen LogP contribution is -2.47. The molecule has 30 heavy (non-hydrogen) atoms. The average molecular weight is 416 g/mol. The Morgan fingerprint density at radius 1 is 1.07 bits per heavy atom. The van der Waals surface area contributed by atoms with Crippen LogP contribution in [0.15, 0.2) is 24.3 Å². The van der Waals surface area contributed by atoms with Gasteiger partial charge in [-0.05, 0) is 44.2 Å². The minimum absolute atomic E-state index is 0.0484. The van der Waals surface area contributed by atoms with Crippen LogP contribution in [0.1, 0.15) is 44.1 Å². The molecular weight excluding hydrogens is 382 g/mol. The molecule has 0 bridgehead atoms. The van der Waals surface area contributed by atoms with E-state index < -0.39 is 5.79 Å². The van der Waals surface area contributed by atoms with Crippen molar-refractivity contribution in [2.75, 3.05) is 44.7 Å². The number of hydrogen-bond acceptors (Lipinski definition) is 4. The van der Waals surface area contributed by atoms with E-state index >= 15 is 0 Å². The van der Waals surface area contributed by atoms with Crippen molar-refractivity contribution in [2.45, 2.75) is 51.2 Å². The fraction of sp³-hybridized carbons (Fsp3) is 0.652. The zero-order valence-corrected chi connectivity index (χ0v) is 17.9. The number of nitrogens with zero attached hydrogens (tertiary/aromatic N) is 2. The van der Waals surface area contributed by atoms with Crippen LogP contribution < -0.4 is 5.32 Å². The highest BCUT2D eigenvalue weighted by Gasteiger charge is 2.40. The van der Waals surface area contributed by atoms with Crippen molar-refractivity contribution in [1.82, 2.24) is 9.80 Å². The number of aryl methyl sites for hydroxylation is 1. The predicted octanol–water partition coefficient (Wildman–Crippen LogP) is 3.38. The molecule has 4 rings (SSSR count). The van der Waals surface area contributed by atoms with Gasteiger partial charge in [0.1, 0.15) is 0 Å². The molecular formula is C23H33N3O4. The standard InChI is InChI=1S/C23H33N3O4/c1-18-4-7-20(8-5-18)24-22(28)26-12-2-3-19(17-26)6-9-21(27)25-13-10-23(11-14-25)29-15-16-30-23/h4-5,7-8,19H,2-3,6,9-17H2,1H3,(H,24,28)/t19-/m0/s1. The van der Waals surface area contributed by atoms with Crippen LogP contribution in [0.25, 0.3) is 0 Å². The molecule has 164 valence electrons. The Hall–Kier alpha value is -2.12. The smallest absolute Gasteiger partial charge is 0.321 e. The molecule has 7 heteroatoms. The number of carbonyl (C=O) groups is 2. The Bertz CT molecular complexity index is 735. The summed E-state index contributed by atoms with van der Waals surface area (Å²) in [5, 5.41) is 2.99. The monoisotopic (exact) mass is 415 g/mol. The number of nitrogens with one attached hydrogen (secondary N) is 1. The molecule has 3 fully saturated rings. The molecule has 3 heterocycles. The molecule has 7 nitrogen and oxygen atoms in total. The van der Waals surface area contributed by atoms with Gasteiger partial charge in [-0.15, -0.1) is 0 Å². The van der Waals surface area contributed by atoms with Crippen LogP contribution in [-0.2, 0) is 14.3 Å². The van der Waals surface area contributed by atoms with Gasteiger partial charge in [-0.1, -0.05) is 17.7 Å². The van der Waals surface area contributed by atoms with Crippen molar-refractivity contribution >= 4 is 17.6 Å². The van der Waals surface area contributed by atoms with Crippen LogP contribution in [-0.4, -0.2) is 66.9 Å². The first-order valence-electron chi connectivity index (χ1n) is 11.2. The Morgan fingerprint density at radius 2 is 1.77 bits per heavy atom. The maximum absolute atomic E-state index is 12.7. The van der Waals surface area contributed by atoms with E-state index in [4.69, 9.17) is 9.47 Å². The minimum Gasteiger partial charge on any atom is -0.347 e. The number of amides is 3. The zero-order valence-electron chi connectivity index (χ0n) is 17.9. The summed E-state index contributed by atoms with van der Waals surface area (Å²) in [7, 11) is 0. The van der Waals surface area contributed by atoms with Gasteiger partial charge in [0.25, 0.3) is 0 Å². The number of hydrogen-bond donors (Lipinski definition) is 1. The third-order valence-electron chi connectivity index (χ3n) is 6.57. The van der Waals surface area contributed by atoms with E-state index in [0.29, 0.717) is 38.6 Å². The second-order valence-corrected chi connectivity index (χ2v) is 8.78. The highest BCUT2D eigenvalue weighted by Crippen LogP contribution is 2.32. The number of anilines is 1. The summed E-state index contributed by atoms with van der Waals surface area (Å²) in [6.45, 7) is 6.24. The van der Waals surface area contributed by atoms with Crippen molar-refractivity contribution in [3.05, 3.63) is 29.8 Å². The quantitative estimate of drug-likeness (QED) is 0.818. The fourth-order valence-electron chi connectivity index (χ4n) is 4.69. The molecule has 1 spiro atoms. The largest absolute Gasteiger partial charge is 0.347 e. The van der Waals surface area contributed by atoms with Crippen molar-refractivity contribution in [3.63, 3.8) is 0 Å². The van der Waals surface area contributed by atoms with Crippen molar-refractivity contribution in [2.24, 2.45) is 5.92 Å². The third kappa shape index (κ3) is 5.13. The molecule has 3 saturated heterocycles. The van der Waals surface area contributed by atoms with Gasteiger partial charge in [0.15, 0.2) is 5.79 Å². The SMILES string of the molecule is Cc1ccc(NC(=O)N2CCC[C@@H](CCC(=O)N3CCC4(CC3)OCCO4)C2)cc1. The summed E-state index contributed by atoms with van der Waals surface area (Å²) in [5.74, 6) is 0.152. The summed E-state index contributed by atoms with van der Waals surface area (Å²) >= 11 is 0. The maximum Gasteiger partial charge on any atom is 0.321 e. The Balaban J connectivity index is 1.20. The number of likely N-dealkylation sites (tertiary alicyclic amines) is 2. The van der Waals surface area contributed by atoms with Crippen LogP contribution in [0.2, 0.25) is 0 Å². The lowest BCUT2D eigenvalue weighted by atomic mass is 9.93. The van der Waals surface area contributed by atoms with Crippen LogP contribution in [0, 0.1) is 12.8 Å². The summed E-state index contributed by atoms with van der Waals surface area (Å²) in [5.41, 5.74) is 1.99. The highest BCUT2D eigenvalue weighted by molar-refractivity contribution is 5.89. The molecule has 1 aromatic carbocycles. The molecule has 0 unspecified atom stereocenters. The maximum atomic E-state index is 12.7. The van der Waals surface area contributed by atoms with Gasteiger partial charge in [-0.25, -0.2) is 4.79 Å². The summed E-state index contributed by atoms with van der Waals surface area (Å²) in [6, 6.07) is 7.80. The summed E-state index contributed by atoms with van der Waals surface area (Å²) < 4.78 is 11.5. The molecule has 1 atom stereocenters. The van der Waals surface area contributed by atoms with Crippen LogP contribution in [0.4, 0.5) is 10.5 Å². The van der Waals surface area contributed by atoms with Gasteiger partial charge in [0.2, 0.25) is 5.91 Å². The lowest BCUT2D eigenvalue weighted by molar-refractivity contribution is -0.187. The van der Waals surface area contributed by atoms with Gasteiger partial charge in [-0.2, -0.15) is 0 Å². The van der Waals surface area contributed by atoms with E-state index in [1.54, 1.807) is 0 Å². The number of benzene rings is 1. The number of urea groups is 1. The van der Waals surface area contributed by atoms with E-state index in [1.807, 2.05) is 41.0 Å². The van der Waals surface area contributed by atoms with E-state index in [9.17, 15) is 9.59 Å². The molecule has 0 aliphatic carbocycles. The van der Waals surface area contributed by atoms with Gasteiger partial charge < -0.3 is 24.6 Å². The molecule has 3 aliphatic rings. The first-order chi connectivity index (χ1) is 14.5. The number of piperidine rings is 2. The van der Waals surface area contributed by atoms with Crippen molar-refractivity contribution in [1.29, 1.82) is 0 Å². The van der Waals surface area contributed by atoms with Gasteiger partial charge in [0.05, 0.1) is 13.2 Å². The van der Waals surface area contributed by atoms with Crippen LogP contribution >= 0.6 is 0 Å². The van der Waals surface area contributed by atoms with Crippen LogP contribution in [0.5, 0.6) is 0 Å². The molecule has 0 radical (unpaired) electrons. The topological polar surface area (TPSA) is 71.1 Å². The Kier molecular flexibility index (Phi) is 6.58. The van der Waals surface area contributed by atoms with E-state index in [0.717, 1.165) is 50.9 Å². The summed E-state index contributed by atoms with van der Waals surface area (Å²) in [4.78, 5) is 29.1. The molecule has 0 saturated carbocycles. The normalized spacial score (nSPS) is 23.6. The van der Waals surface area contributed by atoms with E-state index in [-0.39, 0.29) is 11.9 Å². The van der Waals surface area contributed by atoms with E-state index in [2.05, 4.69) is 5.32 Å². The Labute approximate surface area is 178 Å². The molecule has 0 aromatic heterocycles. The number of carbonyl (C=O) groups excluding carboxylic acids is 2. The average Bonchev–Trinajstić information content (AvgIpc) is 3.22. The summed E-state index contributed by atoms with van der Waals surface area (Å²) in [6.07, 6.45) is 4.96. The molecule has 1 N–H and O–H groups in total. The highest BCUT2D eigenvalue weighted by atomic mass is 16.7. The first kappa shape index (κ1) is 21.1. The molecule has 1 aromatic rings.